The van der Waals surface area contributed by atoms with E-state index in [2.05, 4.69) is 33.4 Å². The molecule has 0 unspecified atom stereocenters. The van der Waals surface area contributed by atoms with E-state index in [4.69, 9.17) is 4.74 Å². The maximum Gasteiger partial charge on any atom is 0.252 e. The topological polar surface area (TPSA) is 38.3 Å². The van der Waals surface area contributed by atoms with Crippen LogP contribution in [0.4, 0.5) is 0 Å². The molecule has 0 aliphatic heterocycles. The van der Waals surface area contributed by atoms with Gasteiger partial charge in [0.25, 0.3) is 5.91 Å². The summed E-state index contributed by atoms with van der Waals surface area (Å²) in [6, 6.07) is 15.6. The summed E-state index contributed by atoms with van der Waals surface area (Å²) in [6.45, 7) is 4.68. The van der Waals surface area contributed by atoms with Crippen LogP contribution in [0.2, 0.25) is 0 Å². The number of hydrogen-bond acceptors (Lipinski definition) is 2. The van der Waals surface area contributed by atoms with Crippen LogP contribution in [0.15, 0.2) is 53.0 Å². The monoisotopic (exact) mass is 375 g/mol. The first-order valence-electron chi connectivity index (χ1n) is 7.84. The minimum atomic E-state index is -0.0469. The Morgan fingerprint density at radius 3 is 2.70 bits per heavy atom. The Morgan fingerprint density at radius 2 is 1.96 bits per heavy atom. The predicted molar refractivity (Wildman–Crippen MR) is 97.0 cm³/mol. The van der Waals surface area contributed by atoms with Crippen molar-refractivity contribution >= 4 is 21.8 Å². The zero-order valence-electron chi connectivity index (χ0n) is 13.5. The van der Waals surface area contributed by atoms with Crippen LogP contribution in [-0.4, -0.2) is 18.6 Å². The SMILES string of the molecule is CC(C)Oc1cccc(CCCNC(=O)c2ccccc2Br)c1. The van der Waals surface area contributed by atoms with Crippen molar-refractivity contribution in [1.29, 1.82) is 0 Å². The second-order valence-electron chi connectivity index (χ2n) is 5.65. The lowest BCUT2D eigenvalue weighted by Crippen LogP contribution is -2.25. The molecule has 122 valence electrons. The molecule has 0 heterocycles. The van der Waals surface area contributed by atoms with E-state index >= 15 is 0 Å². The van der Waals surface area contributed by atoms with Gasteiger partial charge in [0, 0.05) is 11.0 Å². The van der Waals surface area contributed by atoms with Crippen LogP contribution >= 0.6 is 15.9 Å². The first-order valence-corrected chi connectivity index (χ1v) is 8.64. The van der Waals surface area contributed by atoms with E-state index < -0.39 is 0 Å². The number of carbonyl (C=O) groups is 1. The largest absolute Gasteiger partial charge is 0.491 e. The molecule has 0 atom stereocenters. The summed E-state index contributed by atoms with van der Waals surface area (Å²) in [5.74, 6) is 0.851. The lowest BCUT2D eigenvalue weighted by Gasteiger charge is -2.11. The van der Waals surface area contributed by atoms with Gasteiger partial charge < -0.3 is 10.1 Å². The second-order valence-corrected chi connectivity index (χ2v) is 6.51. The summed E-state index contributed by atoms with van der Waals surface area (Å²) in [5, 5.41) is 2.96. The van der Waals surface area contributed by atoms with Gasteiger partial charge in [-0.3, -0.25) is 4.79 Å². The van der Waals surface area contributed by atoms with Crippen molar-refractivity contribution in [3.63, 3.8) is 0 Å². The van der Waals surface area contributed by atoms with Crippen LogP contribution in [0.25, 0.3) is 0 Å². The van der Waals surface area contributed by atoms with Gasteiger partial charge in [-0.25, -0.2) is 0 Å². The summed E-state index contributed by atoms with van der Waals surface area (Å²) in [4.78, 5) is 12.1. The number of nitrogens with one attached hydrogen (secondary N) is 1. The van der Waals surface area contributed by atoms with Crippen LogP contribution in [-0.2, 0) is 6.42 Å². The van der Waals surface area contributed by atoms with Gasteiger partial charge in [0.15, 0.2) is 0 Å². The zero-order chi connectivity index (χ0) is 16.7. The molecule has 0 bridgehead atoms. The molecule has 0 radical (unpaired) electrons. The van der Waals surface area contributed by atoms with Crippen LogP contribution < -0.4 is 10.1 Å². The molecule has 2 rings (SSSR count). The Kier molecular flexibility index (Phi) is 6.66. The highest BCUT2D eigenvalue weighted by atomic mass is 79.9. The Hall–Kier alpha value is -1.81. The van der Waals surface area contributed by atoms with E-state index in [0.717, 1.165) is 23.1 Å². The van der Waals surface area contributed by atoms with E-state index in [1.807, 2.05) is 50.2 Å². The molecule has 2 aromatic carbocycles. The molecule has 0 aromatic heterocycles. The molecule has 23 heavy (non-hydrogen) atoms. The van der Waals surface area contributed by atoms with Crippen molar-refractivity contribution in [2.24, 2.45) is 0 Å². The number of rotatable bonds is 7. The van der Waals surface area contributed by atoms with Crippen LogP contribution in [0.1, 0.15) is 36.2 Å². The molecule has 3 nitrogen and oxygen atoms in total. The fourth-order valence-electron chi connectivity index (χ4n) is 2.28. The highest BCUT2D eigenvalue weighted by Gasteiger charge is 2.08. The molecular formula is C19H22BrNO2. The van der Waals surface area contributed by atoms with Crippen molar-refractivity contribution in [3.8, 4) is 5.75 Å². The summed E-state index contributed by atoms with van der Waals surface area (Å²) in [5.41, 5.74) is 1.89. The number of ether oxygens (including phenoxy) is 1. The fourth-order valence-corrected chi connectivity index (χ4v) is 2.75. The number of halogens is 1. The Labute approximate surface area is 146 Å². The van der Waals surface area contributed by atoms with Crippen LogP contribution in [0, 0.1) is 0 Å². The van der Waals surface area contributed by atoms with E-state index in [1.54, 1.807) is 0 Å². The maximum atomic E-state index is 12.1. The van der Waals surface area contributed by atoms with Gasteiger partial charge in [-0.05, 0) is 72.4 Å². The molecule has 0 aliphatic carbocycles. The highest BCUT2D eigenvalue weighted by Crippen LogP contribution is 2.17. The molecule has 0 fully saturated rings. The molecule has 0 saturated heterocycles. The lowest BCUT2D eigenvalue weighted by atomic mass is 10.1. The van der Waals surface area contributed by atoms with Gasteiger partial charge in [-0.2, -0.15) is 0 Å². The average molecular weight is 376 g/mol. The van der Waals surface area contributed by atoms with E-state index in [-0.39, 0.29) is 12.0 Å². The number of carbonyl (C=O) groups excluding carboxylic acids is 1. The number of aryl methyl sites for hydroxylation is 1. The third-order valence-corrected chi connectivity index (χ3v) is 4.01. The van der Waals surface area contributed by atoms with Crippen LogP contribution in [0.3, 0.4) is 0 Å². The molecule has 2 aromatic rings. The molecule has 1 amide bonds. The van der Waals surface area contributed by atoms with Crippen LogP contribution in [0.5, 0.6) is 5.75 Å². The third kappa shape index (κ3) is 5.71. The molecule has 4 heteroatoms. The van der Waals surface area contributed by atoms with E-state index in [1.165, 1.54) is 5.56 Å². The minimum absolute atomic E-state index is 0.0469. The Balaban J connectivity index is 1.79. The predicted octanol–water partition coefficient (Wildman–Crippen LogP) is 4.60. The fraction of sp³-hybridized carbons (Fsp3) is 0.316. The molecule has 0 saturated carbocycles. The van der Waals surface area contributed by atoms with Crippen molar-refractivity contribution < 1.29 is 9.53 Å². The lowest BCUT2D eigenvalue weighted by molar-refractivity contribution is 0.0952. The van der Waals surface area contributed by atoms with Gasteiger partial charge in [-0.1, -0.05) is 24.3 Å². The first kappa shape index (κ1) is 17.5. The molecule has 1 N–H and O–H groups in total. The quantitative estimate of drug-likeness (QED) is 0.718. The Morgan fingerprint density at radius 1 is 1.17 bits per heavy atom. The maximum absolute atomic E-state index is 12.1. The first-order chi connectivity index (χ1) is 11.1. The summed E-state index contributed by atoms with van der Waals surface area (Å²) < 4.78 is 6.51. The molecule has 0 aliphatic rings. The number of amides is 1. The van der Waals surface area contributed by atoms with E-state index in [0.29, 0.717) is 12.1 Å². The number of hydrogen-bond donors (Lipinski definition) is 1. The van der Waals surface area contributed by atoms with Gasteiger partial charge in [0.1, 0.15) is 5.75 Å². The van der Waals surface area contributed by atoms with Crippen molar-refractivity contribution in [2.45, 2.75) is 32.8 Å². The summed E-state index contributed by atoms with van der Waals surface area (Å²) in [7, 11) is 0. The van der Waals surface area contributed by atoms with Crippen molar-refractivity contribution in [3.05, 3.63) is 64.1 Å². The minimum Gasteiger partial charge on any atom is -0.491 e. The zero-order valence-corrected chi connectivity index (χ0v) is 15.1. The summed E-state index contributed by atoms with van der Waals surface area (Å²) >= 11 is 3.40. The Bertz CT molecular complexity index is 655. The second kappa shape index (κ2) is 8.73. The molecular weight excluding hydrogens is 354 g/mol. The standard InChI is InChI=1S/C19H22BrNO2/c1-14(2)23-16-9-5-7-15(13-16)8-6-12-21-19(22)17-10-3-4-11-18(17)20/h3-5,7,9-11,13-14H,6,8,12H2,1-2H3,(H,21,22). The highest BCUT2D eigenvalue weighted by molar-refractivity contribution is 9.10. The van der Waals surface area contributed by atoms with Gasteiger partial charge in [0.05, 0.1) is 11.7 Å². The average Bonchev–Trinajstić information content (AvgIpc) is 2.51. The molecule has 0 spiro atoms. The van der Waals surface area contributed by atoms with Gasteiger partial charge >= 0.3 is 0 Å². The normalized spacial score (nSPS) is 10.6. The summed E-state index contributed by atoms with van der Waals surface area (Å²) in [6.07, 6.45) is 1.97. The number of benzene rings is 2. The van der Waals surface area contributed by atoms with Gasteiger partial charge in [0.2, 0.25) is 0 Å². The smallest absolute Gasteiger partial charge is 0.252 e. The van der Waals surface area contributed by atoms with Crippen molar-refractivity contribution in [2.75, 3.05) is 6.54 Å². The van der Waals surface area contributed by atoms with Crippen molar-refractivity contribution in [1.82, 2.24) is 5.32 Å². The third-order valence-electron chi connectivity index (χ3n) is 3.32. The van der Waals surface area contributed by atoms with Gasteiger partial charge in [-0.15, -0.1) is 0 Å². The van der Waals surface area contributed by atoms with E-state index in [9.17, 15) is 4.79 Å².